The quantitative estimate of drug-likeness (QED) is 0.576. The zero-order valence-corrected chi connectivity index (χ0v) is 14.1. The SMILES string of the molecule is C[C@@]1(c2ccco2)NC(=O)N(Cc2cc3ccccc3nc2Cl)C1=O. The molecule has 0 saturated carbocycles. The highest BCUT2D eigenvalue weighted by molar-refractivity contribution is 6.30. The monoisotopic (exact) mass is 355 g/mol. The minimum absolute atomic E-state index is 0.0393. The molecule has 1 N–H and O–H groups in total. The van der Waals surface area contributed by atoms with Gasteiger partial charge in [-0.2, -0.15) is 0 Å². The largest absolute Gasteiger partial charge is 0.466 e. The molecule has 4 rings (SSSR count). The van der Waals surface area contributed by atoms with Crippen molar-refractivity contribution < 1.29 is 14.0 Å². The van der Waals surface area contributed by atoms with Crippen LogP contribution in [0.1, 0.15) is 18.2 Å². The Balaban J connectivity index is 1.68. The lowest BCUT2D eigenvalue weighted by molar-refractivity contribution is -0.132. The summed E-state index contributed by atoms with van der Waals surface area (Å²) >= 11 is 6.25. The molecule has 126 valence electrons. The molecular formula is C18H14ClN3O3. The van der Waals surface area contributed by atoms with Gasteiger partial charge >= 0.3 is 6.03 Å². The van der Waals surface area contributed by atoms with Gasteiger partial charge in [-0.1, -0.05) is 29.8 Å². The van der Waals surface area contributed by atoms with Gasteiger partial charge in [0.2, 0.25) is 0 Å². The second-order valence-electron chi connectivity index (χ2n) is 6.05. The van der Waals surface area contributed by atoms with Gasteiger partial charge in [-0.3, -0.25) is 9.69 Å². The minimum atomic E-state index is -1.22. The zero-order valence-electron chi connectivity index (χ0n) is 13.3. The maximum Gasteiger partial charge on any atom is 0.325 e. The first-order valence-electron chi connectivity index (χ1n) is 7.71. The average molecular weight is 356 g/mol. The van der Waals surface area contributed by atoms with Gasteiger partial charge in [0.1, 0.15) is 10.9 Å². The molecule has 6 nitrogen and oxygen atoms in total. The molecular weight excluding hydrogens is 342 g/mol. The van der Waals surface area contributed by atoms with E-state index in [0.29, 0.717) is 11.3 Å². The van der Waals surface area contributed by atoms with E-state index in [0.717, 1.165) is 15.8 Å². The van der Waals surface area contributed by atoms with Gasteiger partial charge in [-0.15, -0.1) is 0 Å². The highest BCUT2D eigenvalue weighted by Crippen LogP contribution is 2.31. The van der Waals surface area contributed by atoms with E-state index in [4.69, 9.17) is 16.0 Å². The van der Waals surface area contributed by atoms with E-state index in [1.165, 1.54) is 6.26 Å². The van der Waals surface area contributed by atoms with Crippen LogP contribution in [0.2, 0.25) is 5.15 Å². The number of furan rings is 1. The van der Waals surface area contributed by atoms with Crippen LogP contribution in [-0.2, 0) is 16.9 Å². The van der Waals surface area contributed by atoms with Crippen molar-refractivity contribution >= 4 is 34.4 Å². The predicted octanol–water partition coefficient (Wildman–Crippen LogP) is 3.45. The summed E-state index contributed by atoms with van der Waals surface area (Å²) in [6.45, 7) is 1.66. The Labute approximate surface area is 148 Å². The third-order valence-corrected chi connectivity index (χ3v) is 4.69. The second kappa shape index (κ2) is 5.60. The van der Waals surface area contributed by atoms with Crippen molar-refractivity contribution in [1.82, 2.24) is 15.2 Å². The molecule has 1 aliphatic heterocycles. The smallest absolute Gasteiger partial charge is 0.325 e. The van der Waals surface area contributed by atoms with Crippen molar-refractivity contribution in [3.8, 4) is 0 Å². The molecule has 3 aromatic rings. The number of carbonyl (C=O) groups is 2. The molecule has 3 heterocycles. The number of benzene rings is 1. The number of amides is 3. The molecule has 0 spiro atoms. The van der Waals surface area contributed by atoms with Gasteiger partial charge in [-0.25, -0.2) is 9.78 Å². The van der Waals surface area contributed by atoms with Crippen LogP contribution < -0.4 is 5.32 Å². The maximum absolute atomic E-state index is 12.8. The topological polar surface area (TPSA) is 75.4 Å². The van der Waals surface area contributed by atoms with E-state index in [-0.39, 0.29) is 11.7 Å². The van der Waals surface area contributed by atoms with Gasteiger partial charge in [0.05, 0.1) is 18.3 Å². The zero-order chi connectivity index (χ0) is 17.6. The molecule has 1 saturated heterocycles. The number of nitrogens with zero attached hydrogens (tertiary/aromatic N) is 2. The number of nitrogens with one attached hydrogen (secondary N) is 1. The van der Waals surface area contributed by atoms with Crippen LogP contribution in [0, 0.1) is 0 Å². The summed E-state index contributed by atoms with van der Waals surface area (Å²) in [6.07, 6.45) is 1.47. The number of fused-ring (bicyclic) bond motifs is 1. The molecule has 1 aromatic carbocycles. The molecule has 1 atom stereocenters. The number of carbonyl (C=O) groups excluding carboxylic acids is 2. The summed E-state index contributed by atoms with van der Waals surface area (Å²) in [6, 6.07) is 12.2. The minimum Gasteiger partial charge on any atom is -0.466 e. The summed E-state index contributed by atoms with van der Waals surface area (Å²) in [5, 5.41) is 3.85. The highest BCUT2D eigenvalue weighted by atomic mass is 35.5. The number of halogens is 1. The first kappa shape index (κ1) is 15.7. The van der Waals surface area contributed by atoms with Crippen LogP contribution >= 0.6 is 11.6 Å². The molecule has 0 aliphatic carbocycles. The molecule has 0 radical (unpaired) electrons. The number of rotatable bonds is 3. The van der Waals surface area contributed by atoms with Gasteiger partial charge in [0.25, 0.3) is 5.91 Å². The number of hydrogen-bond donors (Lipinski definition) is 1. The fourth-order valence-corrected chi connectivity index (χ4v) is 3.19. The standard InChI is InChI=1S/C18H14ClN3O3/c1-18(14-7-4-8-25-14)16(23)22(17(24)21-18)10-12-9-11-5-2-3-6-13(11)20-15(12)19/h2-9H,10H2,1H3,(H,21,24)/t18-/m0/s1. The van der Waals surface area contributed by atoms with Crippen LogP contribution in [0.25, 0.3) is 10.9 Å². The lowest BCUT2D eigenvalue weighted by Crippen LogP contribution is -2.40. The van der Waals surface area contributed by atoms with Crippen LogP contribution in [0.3, 0.4) is 0 Å². The molecule has 2 aromatic heterocycles. The number of hydrogen-bond acceptors (Lipinski definition) is 4. The van der Waals surface area contributed by atoms with E-state index in [2.05, 4.69) is 10.3 Å². The summed E-state index contributed by atoms with van der Waals surface area (Å²) in [5.41, 5.74) is 0.138. The molecule has 1 fully saturated rings. The fourth-order valence-electron chi connectivity index (χ4n) is 2.99. The lowest BCUT2D eigenvalue weighted by atomic mass is 9.99. The van der Waals surface area contributed by atoms with Crippen molar-refractivity contribution in [2.75, 3.05) is 0 Å². The normalized spacial score (nSPS) is 20.3. The average Bonchev–Trinajstić information content (AvgIpc) is 3.20. The van der Waals surface area contributed by atoms with Crippen molar-refractivity contribution in [3.05, 3.63) is 65.2 Å². The Morgan fingerprint density at radius 3 is 2.80 bits per heavy atom. The Bertz CT molecular complexity index is 986. The van der Waals surface area contributed by atoms with Crippen molar-refractivity contribution in [2.24, 2.45) is 0 Å². The number of para-hydroxylation sites is 1. The van der Waals surface area contributed by atoms with Crippen LogP contribution in [-0.4, -0.2) is 21.8 Å². The van der Waals surface area contributed by atoms with Gasteiger partial charge in [-0.05, 0) is 31.2 Å². The lowest BCUT2D eigenvalue weighted by Gasteiger charge is -2.19. The molecule has 25 heavy (non-hydrogen) atoms. The van der Waals surface area contributed by atoms with Crippen LogP contribution in [0.15, 0.2) is 53.1 Å². The van der Waals surface area contributed by atoms with Gasteiger partial charge in [0.15, 0.2) is 5.54 Å². The Hall–Kier alpha value is -2.86. The number of imide groups is 1. The van der Waals surface area contributed by atoms with Crippen molar-refractivity contribution in [2.45, 2.75) is 19.0 Å². The third kappa shape index (κ3) is 2.46. The Morgan fingerprint density at radius 1 is 1.24 bits per heavy atom. The summed E-state index contributed by atoms with van der Waals surface area (Å²) in [4.78, 5) is 30.7. The van der Waals surface area contributed by atoms with E-state index in [1.54, 1.807) is 19.1 Å². The molecule has 0 unspecified atom stereocenters. The van der Waals surface area contributed by atoms with Crippen molar-refractivity contribution in [3.63, 3.8) is 0 Å². The van der Waals surface area contributed by atoms with E-state index < -0.39 is 17.5 Å². The number of aromatic nitrogens is 1. The Morgan fingerprint density at radius 2 is 2.04 bits per heavy atom. The molecule has 7 heteroatoms. The summed E-state index contributed by atoms with van der Waals surface area (Å²) in [5.74, 6) is -0.00670. The summed E-state index contributed by atoms with van der Waals surface area (Å²) < 4.78 is 5.32. The number of urea groups is 1. The van der Waals surface area contributed by atoms with Crippen LogP contribution in [0.4, 0.5) is 4.79 Å². The van der Waals surface area contributed by atoms with Crippen molar-refractivity contribution in [1.29, 1.82) is 0 Å². The van der Waals surface area contributed by atoms with E-state index in [9.17, 15) is 9.59 Å². The third-order valence-electron chi connectivity index (χ3n) is 4.37. The van der Waals surface area contributed by atoms with Gasteiger partial charge < -0.3 is 9.73 Å². The van der Waals surface area contributed by atoms with E-state index >= 15 is 0 Å². The van der Waals surface area contributed by atoms with Crippen LogP contribution in [0.5, 0.6) is 0 Å². The Kier molecular flexibility index (Phi) is 3.51. The second-order valence-corrected chi connectivity index (χ2v) is 6.41. The molecule has 0 bridgehead atoms. The predicted molar refractivity (Wildman–Crippen MR) is 91.9 cm³/mol. The van der Waals surface area contributed by atoms with E-state index in [1.807, 2.05) is 30.3 Å². The fraction of sp³-hybridized carbons (Fsp3) is 0.167. The molecule has 1 aliphatic rings. The maximum atomic E-state index is 12.8. The summed E-state index contributed by atoms with van der Waals surface area (Å²) in [7, 11) is 0. The number of pyridine rings is 1. The highest BCUT2D eigenvalue weighted by Gasteiger charge is 2.51. The van der Waals surface area contributed by atoms with Gasteiger partial charge in [0, 0.05) is 10.9 Å². The first-order chi connectivity index (χ1) is 12.0. The first-order valence-corrected chi connectivity index (χ1v) is 8.09. The molecule has 3 amide bonds.